The van der Waals surface area contributed by atoms with Crippen LogP contribution in [0.3, 0.4) is 0 Å². The number of benzene rings is 2. The summed E-state index contributed by atoms with van der Waals surface area (Å²) in [5, 5.41) is 25.9. The van der Waals surface area contributed by atoms with E-state index < -0.39 is 22.3 Å². The number of rotatable bonds is 9. The van der Waals surface area contributed by atoms with Crippen molar-refractivity contribution in [2.75, 3.05) is 12.0 Å². The fourth-order valence-corrected chi connectivity index (χ4v) is 3.69. The molecule has 0 aliphatic rings. The van der Waals surface area contributed by atoms with Crippen molar-refractivity contribution < 1.29 is 14.8 Å². The van der Waals surface area contributed by atoms with Crippen LogP contribution < -0.4 is 21.4 Å². The Morgan fingerprint density at radius 2 is 1.95 bits per heavy atom. The highest BCUT2D eigenvalue weighted by Crippen LogP contribution is 2.19. The van der Waals surface area contributed by atoms with Crippen LogP contribution in [0.4, 0.5) is 11.6 Å². The minimum Gasteiger partial charge on any atom is -0.491 e. The highest BCUT2D eigenvalue weighted by atomic mass is 16.6. The van der Waals surface area contributed by atoms with Gasteiger partial charge >= 0.3 is 5.69 Å². The molecule has 1 atom stereocenters. The molecular formula is C24H25N7O6. The van der Waals surface area contributed by atoms with Gasteiger partial charge in [-0.25, -0.2) is 10.2 Å². The van der Waals surface area contributed by atoms with E-state index in [9.17, 15) is 24.8 Å². The molecule has 0 spiro atoms. The summed E-state index contributed by atoms with van der Waals surface area (Å²) in [6.45, 7) is 3.43. The van der Waals surface area contributed by atoms with Crippen LogP contribution in [0, 0.1) is 17.0 Å². The predicted molar refractivity (Wildman–Crippen MR) is 137 cm³/mol. The maximum atomic E-state index is 12.7. The number of hydrazone groups is 1. The fourth-order valence-electron chi connectivity index (χ4n) is 3.69. The molecule has 13 nitrogen and oxygen atoms in total. The van der Waals surface area contributed by atoms with Crippen molar-refractivity contribution in [1.82, 2.24) is 19.1 Å². The number of imidazole rings is 1. The van der Waals surface area contributed by atoms with Gasteiger partial charge in [0, 0.05) is 19.2 Å². The number of nitrogens with zero attached hydrogens (tertiary/aromatic N) is 5. The summed E-state index contributed by atoms with van der Waals surface area (Å²) in [6.07, 6.45) is -1.03. The molecule has 0 fully saturated rings. The molecule has 0 saturated carbocycles. The maximum absolute atomic E-state index is 12.7. The number of nitro benzene ring substituents is 1. The van der Waals surface area contributed by atoms with Gasteiger partial charge < -0.3 is 14.4 Å². The van der Waals surface area contributed by atoms with E-state index in [-0.39, 0.29) is 36.0 Å². The van der Waals surface area contributed by atoms with Gasteiger partial charge in [0.1, 0.15) is 18.5 Å². The average Bonchev–Trinajstić information content (AvgIpc) is 3.24. The molecule has 4 aromatic rings. The monoisotopic (exact) mass is 507 g/mol. The first-order valence-electron chi connectivity index (χ1n) is 11.3. The molecule has 2 aromatic carbocycles. The zero-order valence-electron chi connectivity index (χ0n) is 20.3. The summed E-state index contributed by atoms with van der Waals surface area (Å²) in [6, 6.07) is 13.2. The van der Waals surface area contributed by atoms with Gasteiger partial charge in [0.2, 0.25) is 5.95 Å². The molecule has 0 aliphatic carbocycles. The molecular weight excluding hydrogens is 482 g/mol. The van der Waals surface area contributed by atoms with Gasteiger partial charge in [0.05, 0.1) is 17.2 Å². The van der Waals surface area contributed by atoms with Crippen molar-refractivity contribution in [3.8, 4) is 5.75 Å². The van der Waals surface area contributed by atoms with Gasteiger partial charge in [-0.15, -0.1) is 0 Å². The van der Waals surface area contributed by atoms with Crippen LogP contribution in [0.25, 0.3) is 11.2 Å². The molecule has 0 saturated heterocycles. The van der Waals surface area contributed by atoms with E-state index >= 15 is 0 Å². The molecule has 4 rings (SSSR count). The molecule has 2 heterocycles. The van der Waals surface area contributed by atoms with Crippen LogP contribution in [0.1, 0.15) is 18.1 Å². The first-order valence-corrected chi connectivity index (χ1v) is 11.3. The maximum Gasteiger partial charge on any atom is 0.329 e. The molecule has 37 heavy (non-hydrogen) atoms. The lowest BCUT2D eigenvalue weighted by Gasteiger charge is -2.16. The Morgan fingerprint density at radius 1 is 1.24 bits per heavy atom. The van der Waals surface area contributed by atoms with E-state index in [1.807, 2.05) is 25.1 Å². The van der Waals surface area contributed by atoms with Crippen LogP contribution in [0.5, 0.6) is 5.75 Å². The van der Waals surface area contributed by atoms with E-state index in [1.165, 1.54) is 28.3 Å². The van der Waals surface area contributed by atoms with E-state index in [0.29, 0.717) is 17.0 Å². The normalized spacial score (nSPS) is 12.5. The number of aromatic amines is 1. The summed E-state index contributed by atoms with van der Waals surface area (Å²) < 4.78 is 8.34. The number of H-pyrrole nitrogens is 1. The number of fused-ring (bicyclic) bond motifs is 1. The number of ether oxygens (including phenoxy) is 1. The number of aliphatic hydroxyl groups is 1. The molecule has 0 aliphatic heterocycles. The molecule has 13 heteroatoms. The molecule has 2 aromatic heterocycles. The average molecular weight is 508 g/mol. The number of nitro groups is 1. The second-order valence-electron chi connectivity index (χ2n) is 8.38. The van der Waals surface area contributed by atoms with Crippen molar-refractivity contribution in [2.24, 2.45) is 12.1 Å². The Hall–Kier alpha value is -4.78. The van der Waals surface area contributed by atoms with E-state index in [0.717, 1.165) is 5.56 Å². The van der Waals surface area contributed by atoms with E-state index in [2.05, 4.69) is 20.5 Å². The van der Waals surface area contributed by atoms with Crippen molar-refractivity contribution in [2.45, 2.75) is 26.5 Å². The Morgan fingerprint density at radius 3 is 2.62 bits per heavy atom. The summed E-state index contributed by atoms with van der Waals surface area (Å²) in [5.41, 5.74) is 3.63. The molecule has 192 valence electrons. The SMILES string of the molecule is C/C(=N\Nc1nc2c(c(=O)[nH]c(=O)n2C)n1C[C@@H](O)COc1ccccc1C)c1ccc([N+](=O)[O-])cc1. The molecule has 0 amide bonds. The van der Waals surface area contributed by atoms with E-state index in [1.54, 1.807) is 25.1 Å². The topological polar surface area (TPSA) is 170 Å². The number of hydrogen-bond donors (Lipinski definition) is 3. The van der Waals surface area contributed by atoms with Gasteiger partial charge in [0.25, 0.3) is 11.2 Å². The lowest BCUT2D eigenvalue weighted by molar-refractivity contribution is -0.384. The summed E-state index contributed by atoms with van der Waals surface area (Å²) >= 11 is 0. The second kappa shape index (κ2) is 10.5. The zero-order chi connectivity index (χ0) is 26.7. The summed E-state index contributed by atoms with van der Waals surface area (Å²) in [4.78, 5) is 41.8. The Bertz CT molecular complexity index is 1600. The number of hydrogen-bond acceptors (Lipinski definition) is 9. The molecule has 0 bridgehead atoms. The molecule has 0 radical (unpaired) electrons. The van der Waals surface area contributed by atoms with Crippen LogP contribution in [0.2, 0.25) is 0 Å². The van der Waals surface area contributed by atoms with Gasteiger partial charge in [0.15, 0.2) is 11.2 Å². The van der Waals surface area contributed by atoms with Crippen LogP contribution in [-0.4, -0.2) is 47.6 Å². The van der Waals surface area contributed by atoms with Gasteiger partial charge in [-0.2, -0.15) is 10.1 Å². The Balaban J connectivity index is 1.64. The number of aliphatic hydroxyl groups excluding tert-OH is 1. The highest BCUT2D eigenvalue weighted by Gasteiger charge is 2.20. The third-order valence-corrected chi connectivity index (χ3v) is 5.74. The standard InChI is InChI=1S/C24H25N7O6/c1-14-6-4-5-7-19(14)37-13-18(32)12-30-20-21(29(3)24(34)26-22(20)33)25-23(30)28-27-15(2)16-8-10-17(11-9-16)31(35)36/h4-11,18,32H,12-13H2,1-3H3,(H,25,28)(H,26,33,34)/b27-15+/t18-/m1/s1. The number of nitrogens with one attached hydrogen (secondary N) is 2. The van der Waals surface area contributed by atoms with Crippen molar-refractivity contribution in [3.05, 3.63) is 90.6 Å². The number of aryl methyl sites for hydroxylation is 2. The second-order valence-corrected chi connectivity index (χ2v) is 8.38. The minimum atomic E-state index is -1.03. The fraction of sp³-hybridized carbons (Fsp3) is 0.250. The number of para-hydroxylation sites is 1. The van der Waals surface area contributed by atoms with Crippen molar-refractivity contribution >= 4 is 28.5 Å². The third kappa shape index (κ3) is 5.41. The quantitative estimate of drug-likeness (QED) is 0.175. The number of aromatic nitrogens is 4. The van der Waals surface area contributed by atoms with Crippen molar-refractivity contribution in [3.63, 3.8) is 0 Å². The minimum absolute atomic E-state index is 0.0478. The van der Waals surface area contributed by atoms with E-state index in [4.69, 9.17) is 4.74 Å². The highest BCUT2D eigenvalue weighted by molar-refractivity contribution is 5.99. The van der Waals surface area contributed by atoms with Crippen LogP contribution in [-0.2, 0) is 13.6 Å². The third-order valence-electron chi connectivity index (χ3n) is 5.74. The van der Waals surface area contributed by atoms with Crippen LogP contribution in [0.15, 0.2) is 63.2 Å². The van der Waals surface area contributed by atoms with Gasteiger partial charge in [-0.3, -0.25) is 24.5 Å². The lowest BCUT2D eigenvalue weighted by atomic mass is 10.1. The lowest BCUT2D eigenvalue weighted by Crippen LogP contribution is -2.30. The first-order chi connectivity index (χ1) is 17.7. The van der Waals surface area contributed by atoms with Crippen LogP contribution >= 0.6 is 0 Å². The zero-order valence-corrected chi connectivity index (χ0v) is 20.3. The molecule has 0 unspecified atom stereocenters. The largest absolute Gasteiger partial charge is 0.491 e. The summed E-state index contributed by atoms with van der Waals surface area (Å²) in [5.74, 6) is 0.733. The van der Waals surface area contributed by atoms with Crippen molar-refractivity contribution in [1.29, 1.82) is 0 Å². The van der Waals surface area contributed by atoms with Gasteiger partial charge in [-0.1, -0.05) is 18.2 Å². The first kappa shape index (κ1) is 25.3. The number of anilines is 1. The van der Waals surface area contributed by atoms with Gasteiger partial charge in [-0.05, 0) is 43.2 Å². The smallest absolute Gasteiger partial charge is 0.329 e. The Labute approximate surface area is 209 Å². The molecule has 3 N–H and O–H groups in total. The Kier molecular flexibility index (Phi) is 7.15. The summed E-state index contributed by atoms with van der Waals surface area (Å²) in [7, 11) is 1.46. The number of non-ortho nitro benzene ring substituents is 1. The predicted octanol–water partition coefficient (Wildman–Crippen LogP) is 1.92.